The van der Waals surface area contributed by atoms with Crippen molar-refractivity contribution >= 4 is 22.5 Å². The minimum absolute atomic E-state index is 0.0348. The van der Waals surface area contributed by atoms with Gasteiger partial charge in [-0.3, -0.25) is 19.8 Å². The number of H-pyrrole nitrogens is 2. The zero-order valence-corrected chi connectivity index (χ0v) is 16.3. The molecule has 164 valence electrons. The molecule has 0 spiro atoms. The van der Waals surface area contributed by atoms with Crippen molar-refractivity contribution in [1.82, 2.24) is 15.2 Å². The number of alkyl halides is 3. The first kappa shape index (κ1) is 21.1. The molecule has 2 aromatic heterocycles. The number of pyridine rings is 1. The standard InChI is InChI=1S/C21H14F4N4O3/c1-10-8-11(22)2-6-16(10)32-20-13(4-7-17(27-20)21(23,24)25)18(30)26-12-3-5-15-14(9-12)19(31)29-28-15/h2-9H,1H3,(H,26,30)(H2,28,29,31). The van der Waals surface area contributed by atoms with Crippen LogP contribution in [0.1, 0.15) is 21.6 Å². The molecule has 0 unspecified atom stereocenters. The predicted octanol–water partition coefficient (Wildman–Crippen LogP) is 4.76. The highest BCUT2D eigenvalue weighted by atomic mass is 19.4. The number of ether oxygens (including phenoxy) is 1. The Bertz CT molecular complexity index is 1390. The van der Waals surface area contributed by atoms with Gasteiger partial charge < -0.3 is 10.1 Å². The van der Waals surface area contributed by atoms with Crippen molar-refractivity contribution in [1.29, 1.82) is 0 Å². The summed E-state index contributed by atoms with van der Waals surface area (Å²) in [6.45, 7) is 1.50. The number of amides is 1. The molecule has 1 amide bonds. The number of anilines is 1. The lowest BCUT2D eigenvalue weighted by Gasteiger charge is -2.14. The Hall–Kier alpha value is -4.15. The summed E-state index contributed by atoms with van der Waals surface area (Å²) in [6.07, 6.45) is -4.77. The van der Waals surface area contributed by atoms with Crippen molar-refractivity contribution in [2.45, 2.75) is 13.1 Å². The SMILES string of the molecule is Cc1cc(F)ccc1Oc1nc(C(F)(F)F)ccc1C(=O)Nc1ccc2[nH][nH]c(=O)c2c1. The third kappa shape index (κ3) is 4.17. The smallest absolute Gasteiger partial charge is 0.433 e. The quantitative estimate of drug-likeness (QED) is 0.394. The minimum Gasteiger partial charge on any atom is -0.438 e. The number of halogens is 4. The van der Waals surface area contributed by atoms with Crippen LogP contribution in [0.2, 0.25) is 0 Å². The highest BCUT2D eigenvalue weighted by Gasteiger charge is 2.34. The number of carbonyl (C=O) groups excluding carboxylic acids is 1. The van der Waals surface area contributed by atoms with Gasteiger partial charge in [-0.25, -0.2) is 9.37 Å². The molecule has 0 saturated carbocycles. The van der Waals surface area contributed by atoms with Crippen LogP contribution in [0.4, 0.5) is 23.2 Å². The van der Waals surface area contributed by atoms with Gasteiger partial charge in [0.1, 0.15) is 22.8 Å². The van der Waals surface area contributed by atoms with Crippen LogP contribution >= 0.6 is 0 Å². The number of aryl methyl sites for hydroxylation is 1. The number of nitrogens with one attached hydrogen (secondary N) is 3. The third-order valence-electron chi connectivity index (χ3n) is 4.57. The number of rotatable bonds is 4. The van der Waals surface area contributed by atoms with Gasteiger partial charge in [-0.1, -0.05) is 0 Å². The van der Waals surface area contributed by atoms with Crippen molar-refractivity contribution in [3.63, 3.8) is 0 Å². The van der Waals surface area contributed by atoms with E-state index in [9.17, 15) is 27.2 Å². The van der Waals surface area contributed by atoms with Gasteiger partial charge in [0.15, 0.2) is 0 Å². The number of hydrogen-bond donors (Lipinski definition) is 3. The van der Waals surface area contributed by atoms with Crippen molar-refractivity contribution in [2.75, 3.05) is 5.32 Å². The molecule has 3 N–H and O–H groups in total. The Labute approximate surface area is 177 Å². The molecule has 0 saturated heterocycles. The zero-order chi connectivity index (χ0) is 23.0. The van der Waals surface area contributed by atoms with Crippen LogP contribution < -0.4 is 15.6 Å². The second-order valence-corrected chi connectivity index (χ2v) is 6.85. The summed E-state index contributed by atoms with van der Waals surface area (Å²) in [5.41, 5.74) is -0.902. The molecule has 0 aliphatic carbocycles. The van der Waals surface area contributed by atoms with Gasteiger partial charge in [0.25, 0.3) is 11.5 Å². The Morgan fingerprint density at radius 1 is 1.06 bits per heavy atom. The van der Waals surface area contributed by atoms with Crippen LogP contribution in [0, 0.1) is 12.7 Å². The number of fused-ring (bicyclic) bond motifs is 1. The molecule has 0 aliphatic heterocycles. The summed E-state index contributed by atoms with van der Waals surface area (Å²) >= 11 is 0. The number of carbonyl (C=O) groups is 1. The van der Waals surface area contributed by atoms with Crippen LogP contribution in [0.5, 0.6) is 11.6 Å². The summed E-state index contributed by atoms with van der Waals surface area (Å²) in [7, 11) is 0. The van der Waals surface area contributed by atoms with Gasteiger partial charge in [0.2, 0.25) is 5.88 Å². The zero-order valence-electron chi connectivity index (χ0n) is 16.3. The number of hydrogen-bond acceptors (Lipinski definition) is 4. The molecule has 2 heterocycles. The Morgan fingerprint density at radius 2 is 1.84 bits per heavy atom. The number of aromatic nitrogens is 3. The van der Waals surface area contributed by atoms with E-state index >= 15 is 0 Å². The van der Waals surface area contributed by atoms with E-state index in [1.165, 1.54) is 25.1 Å². The first-order valence-electron chi connectivity index (χ1n) is 9.16. The van der Waals surface area contributed by atoms with Gasteiger partial charge in [-0.2, -0.15) is 13.2 Å². The summed E-state index contributed by atoms with van der Waals surface area (Å²) in [5, 5.41) is 7.84. The molecule has 4 aromatic rings. The maximum atomic E-state index is 13.4. The molecule has 0 radical (unpaired) electrons. The van der Waals surface area contributed by atoms with Gasteiger partial charge in [0, 0.05) is 5.69 Å². The van der Waals surface area contributed by atoms with E-state index in [0.29, 0.717) is 17.1 Å². The van der Waals surface area contributed by atoms with Crippen molar-refractivity contribution in [2.24, 2.45) is 0 Å². The molecule has 0 atom stereocenters. The lowest BCUT2D eigenvalue weighted by Crippen LogP contribution is -2.16. The molecule has 7 nitrogen and oxygen atoms in total. The van der Waals surface area contributed by atoms with Gasteiger partial charge in [0.05, 0.1) is 10.9 Å². The molecule has 0 aliphatic rings. The minimum atomic E-state index is -4.77. The van der Waals surface area contributed by atoms with Crippen molar-refractivity contribution in [3.05, 3.63) is 81.5 Å². The van der Waals surface area contributed by atoms with E-state index in [4.69, 9.17) is 4.74 Å². The van der Waals surface area contributed by atoms with Crippen LogP contribution in [-0.2, 0) is 6.18 Å². The number of aromatic amines is 2. The molecular formula is C21H14F4N4O3. The maximum Gasteiger partial charge on any atom is 0.433 e. The third-order valence-corrected chi connectivity index (χ3v) is 4.57. The van der Waals surface area contributed by atoms with E-state index in [-0.39, 0.29) is 22.4 Å². The fourth-order valence-corrected chi connectivity index (χ4v) is 2.99. The maximum absolute atomic E-state index is 13.4. The van der Waals surface area contributed by atoms with Crippen LogP contribution in [-0.4, -0.2) is 21.1 Å². The summed E-state index contributed by atoms with van der Waals surface area (Å²) in [4.78, 5) is 28.0. The van der Waals surface area contributed by atoms with Crippen LogP contribution in [0.25, 0.3) is 10.9 Å². The lowest BCUT2D eigenvalue weighted by molar-refractivity contribution is -0.141. The van der Waals surface area contributed by atoms with E-state index in [1.54, 1.807) is 6.07 Å². The second kappa shape index (κ2) is 7.84. The van der Waals surface area contributed by atoms with Crippen molar-refractivity contribution < 1.29 is 27.1 Å². The fraction of sp³-hybridized carbons (Fsp3) is 0.0952. The van der Waals surface area contributed by atoms with E-state index in [0.717, 1.165) is 18.2 Å². The monoisotopic (exact) mass is 446 g/mol. The molecule has 0 bridgehead atoms. The first-order chi connectivity index (χ1) is 15.1. The topological polar surface area (TPSA) is 99.9 Å². The van der Waals surface area contributed by atoms with Crippen LogP contribution in [0.3, 0.4) is 0 Å². The summed E-state index contributed by atoms with van der Waals surface area (Å²) < 4.78 is 58.3. The predicted molar refractivity (Wildman–Crippen MR) is 107 cm³/mol. The second-order valence-electron chi connectivity index (χ2n) is 6.85. The van der Waals surface area contributed by atoms with Gasteiger partial charge in [-0.05, 0) is 61.0 Å². The average molecular weight is 446 g/mol. The fourth-order valence-electron chi connectivity index (χ4n) is 2.99. The van der Waals surface area contributed by atoms with Gasteiger partial charge in [-0.15, -0.1) is 0 Å². The summed E-state index contributed by atoms with van der Waals surface area (Å²) in [5.74, 6) is -1.94. The normalized spacial score (nSPS) is 11.5. The first-order valence-corrected chi connectivity index (χ1v) is 9.16. The largest absolute Gasteiger partial charge is 0.438 e. The molecular weight excluding hydrogens is 432 g/mol. The lowest BCUT2D eigenvalue weighted by atomic mass is 10.2. The van der Waals surface area contributed by atoms with Crippen LogP contribution in [0.15, 0.2) is 53.3 Å². The molecule has 0 fully saturated rings. The van der Waals surface area contributed by atoms with Gasteiger partial charge >= 0.3 is 6.18 Å². The summed E-state index contributed by atoms with van der Waals surface area (Å²) in [6, 6.07) is 9.47. The molecule has 32 heavy (non-hydrogen) atoms. The number of nitrogens with zero attached hydrogens (tertiary/aromatic N) is 1. The Balaban J connectivity index is 1.71. The Morgan fingerprint density at radius 3 is 2.56 bits per heavy atom. The molecule has 2 aromatic carbocycles. The Kier molecular flexibility index (Phi) is 5.17. The highest BCUT2D eigenvalue weighted by Crippen LogP contribution is 2.33. The molecule has 4 rings (SSSR count). The van der Waals surface area contributed by atoms with Crippen molar-refractivity contribution in [3.8, 4) is 11.6 Å². The average Bonchev–Trinajstić information content (AvgIpc) is 3.09. The van der Waals surface area contributed by atoms with E-state index in [2.05, 4.69) is 20.5 Å². The van der Waals surface area contributed by atoms with E-state index in [1.807, 2.05) is 0 Å². The highest BCUT2D eigenvalue weighted by molar-refractivity contribution is 6.06. The molecule has 11 heteroatoms. The van der Waals surface area contributed by atoms with E-state index < -0.39 is 35.0 Å². The number of benzene rings is 2.